The van der Waals surface area contributed by atoms with Crippen molar-refractivity contribution in [1.82, 2.24) is 10.2 Å². The number of aliphatic carboxylic acids is 1. The lowest BCUT2D eigenvalue weighted by Crippen LogP contribution is -2.38. The first-order chi connectivity index (χ1) is 8.47. The highest BCUT2D eigenvalue weighted by atomic mass is 16.4. The Labute approximate surface area is 110 Å². The summed E-state index contributed by atoms with van der Waals surface area (Å²) >= 11 is 0. The average Bonchev–Trinajstić information content (AvgIpc) is 2.33. The predicted octanol–water partition coefficient (Wildman–Crippen LogP) is 2.32. The zero-order chi connectivity index (χ0) is 14.0. The minimum absolute atomic E-state index is 0.0473. The normalized spacial score (nSPS) is 11.9. The zero-order valence-electron chi connectivity index (χ0n) is 11.7. The van der Waals surface area contributed by atoms with Crippen LogP contribution in [0.15, 0.2) is 0 Å². The summed E-state index contributed by atoms with van der Waals surface area (Å²) in [5.41, 5.74) is 0. The minimum Gasteiger partial charge on any atom is -0.481 e. The molecule has 0 aliphatic carbocycles. The van der Waals surface area contributed by atoms with Gasteiger partial charge in [-0.25, -0.2) is 4.79 Å². The lowest BCUT2D eigenvalue weighted by molar-refractivity contribution is -0.137. The van der Waals surface area contributed by atoms with E-state index in [-0.39, 0.29) is 12.5 Å². The van der Waals surface area contributed by atoms with E-state index >= 15 is 0 Å². The molecule has 0 aromatic carbocycles. The van der Waals surface area contributed by atoms with Gasteiger partial charge in [0.2, 0.25) is 0 Å². The molecule has 0 rings (SSSR count). The molecule has 0 fully saturated rings. The van der Waals surface area contributed by atoms with Gasteiger partial charge >= 0.3 is 12.0 Å². The Kier molecular flexibility index (Phi) is 9.06. The van der Waals surface area contributed by atoms with Crippen LogP contribution in [-0.2, 0) is 4.79 Å². The molecule has 0 radical (unpaired) electrons. The van der Waals surface area contributed by atoms with Gasteiger partial charge in [-0.15, -0.1) is 0 Å². The number of carboxylic acids is 1. The van der Waals surface area contributed by atoms with Crippen molar-refractivity contribution in [3.63, 3.8) is 0 Å². The van der Waals surface area contributed by atoms with Gasteiger partial charge in [-0.05, 0) is 25.2 Å². The second kappa shape index (κ2) is 9.74. The standard InChI is InChI=1S/C13H26N2O3/c1-4-5-10-15(3)13(18)14-9-8-11(2)6-7-12(16)17/h11H,4-10H2,1-3H3,(H,14,18)(H,16,17). The molecular weight excluding hydrogens is 232 g/mol. The van der Waals surface area contributed by atoms with Crippen LogP contribution < -0.4 is 5.32 Å². The van der Waals surface area contributed by atoms with E-state index in [9.17, 15) is 9.59 Å². The fraction of sp³-hybridized carbons (Fsp3) is 0.846. The average molecular weight is 258 g/mol. The number of amides is 2. The highest BCUT2D eigenvalue weighted by Crippen LogP contribution is 2.09. The van der Waals surface area contributed by atoms with Crippen molar-refractivity contribution < 1.29 is 14.7 Å². The summed E-state index contributed by atoms with van der Waals surface area (Å²) < 4.78 is 0. The van der Waals surface area contributed by atoms with Gasteiger partial charge in [0.25, 0.3) is 0 Å². The van der Waals surface area contributed by atoms with Crippen molar-refractivity contribution in [3.8, 4) is 0 Å². The second-order valence-corrected chi connectivity index (χ2v) is 4.83. The third-order valence-electron chi connectivity index (χ3n) is 2.96. The Morgan fingerprint density at radius 3 is 2.56 bits per heavy atom. The molecular formula is C13H26N2O3. The van der Waals surface area contributed by atoms with Crippen molar-refractivity contribution >= 4 is 12.0 Å². The maximum Gasteiger partial charge on any atom is 0.317 e. The number of carbonyl (C=O) groups excluding carboxylic acids is 1. The molecule has 5 nitrogen and oxygen atoms in total. The SMILES string of the molecule is CCCCN(C)C(=O)NCCC(C)CCC(=O)O. The van der Waals surface area contributed by atoms with E-state index in [0.29, 0.717) is 18.9 Å². The van der Waals surface area contributed by atoms with E-state index in [1.165, 1.54) is 0 Å². The zero-order valence-corrected chi connectivity index (χ0v) is 11.7. The largest absolute Gasteiger partial charge is 0.481 e. The fourth-order valence-electron chi connectivity index (χ4n) is 1.57. The number of rotatable bonds is 9. The number of nitrogens with one attached hydrogen (secondary N) is 1. The monoisotopic (exact) mass is 258 g/mol. The topological polar surface area (TPSA) is 69.6 Å². The number of carbonyl (C=O) groups is 2. The number of unbranched alkanes of at least 4 members (excludes halogenated alkanes) is 1. The molecule has 0 saturated carbocycles. The molecule has 5 heteroatoms. The van der Waals surface area contributed by atoms with Gasteiger partial charge in [-0.3, -0.25) is 4.79 Å². The first kappa shape index (κ1) is 16.7. The summed E-state index contributed by atoms with van der Waals surface area (Å²) in [6, 6.07) is -0.0473. The van der Waals surface area contributed by atoms with E-state index in [1.807, 2.05) is 6.92 Å². The lowest BCUT2D eigenvalue weighted by Gasteiger charge is -2.18. The number of carboxylic acid groups (broad SMARTS) is 1. The molecule has 0 saturated heterocycles. The molecule has 0 spiro atoms. The highest BCUT2D eigenvalue weighted by Gasteiger charge is 2.09. The Balaban J connectivity index is 3.63. The molecule has 0 aromatic rings. The van der Waals surface area contributed by atoms with Gasteiger partial charge in [0.05, 0.1) is 0 Å². The van der Waals surface area contributed by atoms with Gasteiger partial charge < -0.3 is 15.3 Å². The summed E-state index contributed by atoms with van der Waals surface area (Å²) in [7, 11) is 1.79. The fourth-order valence-corrected chi connectivity index (χ4v) is 1.57. The molecule has 0 bridgehead atoms. The van der Waals surface area contributed by atoms with E-state index in [2.05, 4.69) is 12.2 Å². The number of nitrogens with zero attached hydrogens (tertiary/aromatic N) is 1. The number of hydrogen-bond donors (Lipinski definition) is 2. The van der Waals surface area contributed by atoms with E-state index in [0.717, 1.165) is 25.8 Å². The van der Waals surface area contributed by atoms with Crippen molar-refractivity contribution in [2.24, 2.45) is 5.92 Å². The predicted molar refractivity (Wildman–Crippen MR) is 71.6 cm³/mol. The third kappa shape index (κ3) is 8.84. The molecule has 2 amide bonds. The van der Waals surface area contributed by atoms with Crippen LogP contribution in [0.3, 0.4) is 0 Å². The summed E-state index contributed by atoms with van der Waals surface area (Å²) in [6.45, 7) is 5.48. The van der Waals surface area contributed by atoms with Crippen LogP contribution in [0.2, 0.25) is 0 Å². The molecule has 0 aliphatic rings. The first-order valence-corrected chi connectivity index (χ1v) is 6.68. The summed E-state index contributed by atoms with van der Waals surface area (Å²) in [5, 5.41) is 11.4. The molecule has 0 aliphatic heterocycles. The van der Waals surface area contributed by atoms with Gasteiger partial charge in [0.1, 0.15) is 0 Å². The van der Waals surface area contributed by atoms with Crippen LogP contribution in [0.1, 0.15) is 46.0 Å². The highest BCUT2D eigenvalue weighted by molar-refractivity contribution is 5.73. The molecule has 1 atom stereocenters. The van der Waals surface area contributed by atoms with Crippen LogP contribution in [0.4, 0.5) is 4.79 Å². The van der Waals surface area contributed by atoms with Gasteiger partial charge in [0, 0.05) is 26.6 Å². The quantitative estimate of drug-likeness (QED) is 0.667. The van der Waals surface area contributed by atoms with Crippen molar-refractivity contribution in [3.05, 3.63) is 0 Å². The minimum atomic E-state index is -0.759. The number of urea groups is 1. The molecule has 1 unspecified atom stereocenters. The summed E-state index contributed by atoms with van der Waals surface area (Å²) in [5.74, 6) is -0.437. The maximum atomic E-state index is 11.6. The van der Waals surface area contributed by atoms with Crippen LogP contribution >= 0.6 is 0 Å². The van der Waals surface area contributed by atoms with Crippen LogP contribution in [0.25, 0.3) is 0 Å². The Morgan fingerprint density at radius 1 is 1.33 bits per heavy atom. The van der Waals surface area contributed by atoms with E-state index in [4.69, 9.17) is 5.11 Å². The Hall–Kier alpha value is -1.26. The van der Waals surface area contributed by atoms with Crippen LogP contribution in [0.5, 0.6) is 0 Å². The lowest BCUT2D eigenvalue weighted by atomic mass is 10.0. The third-order valence-corrected chi connectivity index (χ3v) is 2.96. The maximum absolute atomic E-state index is 11.6. The smallest absolute Gasteiger partial charge is 0.317 e. The molecule has 106 valence electrons. The molecule has 18 heavy (non-hydrogen) atoms. The van der Waals surface area contributed by atoms with Gasteiger partial charge in [-0.1, -0.05) is 20.3 Å². The van der Waals surface area contributed by atoms with Crippen molar-refractivity contribution in [2.45, 2.75) is 46.0 Å². The Morgan fingerprint density at radius 2 is 2.00 bits per heavy atom. The summed E-state index contributed by atoms with van der Waals surface area (Å²) in [4.78, 5) is 23.7. The summed E-state index contributed by atoms with van der Waals surface area (Å²) in [6.07, 6.45) is 3.77. The Bertz CT molecular complexity index is 257. The molecule has 0 aromatic heterocycles. The van der Waals surface area contributed by atoms with Gasteiger partial charge in [-0.2, -0.15) is 0 Å². The van der Waals surface area contributed by atoms with Crippen molar-refractivity contribution in [1.29, 1.82) is 0 Å². The van der Waals surface area contributed by atoms with Crippen LogP contribution in [-0.4, -0.2) is 42.1 Å². The molecule has 0 heterocycles. The van der Waals surface area contributed by atoms with Gasteiger partial charge in [0.15, 0.2) is 0 Å². The van der Waals surface area contributed by atoms with Crippen molar-refractivity contribution in [2.75, 3.05) is 20.1 Å². The number of hydrogen-bond acceptors (Lipinski definition) is 2. The first-order valence-electron chi connectivity index (χ1n) is 6.68. The second-order valence-electron chi connectivity index (χ2n) is 4.83. The van der Waals surface area contributed by atoms with Crippen LogP contribution in [0, 0.1) is 5.92 Å². The van der Waals surface area contributed by atoms with E-state index < -0.39 is 5.97 Å². The molecule has 2 N–H and O–H groups in total. The van der Waals surface area contributed by atoms with E-state index in [1.54, 1.807) is 11.9 Å².